The van der Waals surface area contributed by atoms with Gasteiger partial charge >= 0.3 is 0 Å². The van der Waals surface area contributed by atoms with Gasteiger partial charge in [0.05, 0.1) is 6.04 Å². The van der Waals surface area contributed by atoms with Crippen LogP contribution in [-0.2, 0) is 4.79 Å². The standard InChI is InChI=1S/C6H13ClN2O.CH4/c7-6(10)5(9)3-1-2-4-8;/h5H,1-4,8-9H2;1H4. The molecule has 0 fully saturated rings. The zero-order valence-corrected chi connectivity index (χ0v) is 6.60. The fourth-order valence-electron chi connectivity index (χ4n) is 0.622. The Bertz CT molecular complexity index is 109. The highest BCUT2D eigenvalue weighted by Crippen LogP contribution is 2.00. The Hall–Kier alpha value is -0.120. The first kappa shape index (κ1) is 13.5. The van der Waals surface area contributed by atoms with Gasteiger partial charge in [0.25, 0.3) is 0 Å². The van der Waals surface area contributed by atoms with Crippen LogP contribution in [0.2, 0.25) is 0 Å². The molecule has 0 aromatic heterocycles. The second kappa shape index (κ2) is 7.98. The summed E-state index contributed by atoms with van der Waals surface area (Å²) in [7, 11) is 0. The predicted molar refractivity (Wildman–Crippen MR) is 48.5 cm³/mol. The summed E-state index contributed by atoms with van der Waals surface area (Å²) in [6.07, 6.45) is 2.41. The number of hydrogen-bond acceptors (Lipinski definition) is 3. The average Bonchev–Trinajstić information content (AvgIpc) is 1.88. The lowest BCUT2D eigenvalue weighted by atomic mass is 10.1. The molecular weight excluding hydrogens is 164 g/mol. The molecule has 0 aliphatic carbocycles. The van der Waals surface area contributed by atoms with E-state index in [0.717, 1.165) is 12.8 Å². The summed E-state index contributed by atoms with van der Waals surface area (Å²) >= 11 is 5.11. The maximum Gasteiger partial charge on any atom is 0.238 e. The molecule has 1 atom stereocenters. The molecule has 3 nitrogen and oxygen atoms in total. The highest BCUT2D eigenvalue weighted by atomic mass is 35.5. The molecular formula is C7H17ClN2O. The topological polar surface area (TPSA) is 69.1 Å². The summed E-state index contributed by atoms with van der Waals surface area (Å²) in [6, 6.07) is -0.506. The average molecular weight is 181 g/mol. The zero-order chi connectivity index (χ0) is 7.98. The van der Waals surface area contributed by atoms with Crippen molar-refractivity contribution in [2.45, 2.75) is 32.7 Å². The Labute approximate surface area is 73.1 Å². The second-order valence-corrected chi connectivity index (χ2v) is 2.57. The van der Waals surface area contributed by atoms with E-state index in [2.05, 4.69) is 0 Å². The summed E-state index contributed by atoms with van der Waals surface area (Å²) in [5.41, 5.74) is 10.6. The smallest absolute Gasteiger partial charge is 0.238 e. The number of carbonyl (C=O) groups is 1. The van der Waals surface area contributed by atoms with E-state index in [1.165, 1.54) is 0 Å². The van der Waals surface area contributed by atoms with E-state index in [1.807, 2.05) is 0 Å². The van der Waals surface area contributed by atoms with Crippen LogP contribution < -0.4 is 11.5 Å². The van der Waals surface area contributed by atoms with E-state index in [0.29, 0.717) is 13.0 Å². The fourth-order valence-corrected chi connectivity index (χ4v) is 0.731. The Morgan fingerprint density at radius 1 is 1.45 bits per heavy atom. The van der Waals surface area contributed by atoms with Crippen molar-refractivity contribution in [2.75, 3.05) is 6.54 Å². The van der Waals surface area contributed by atoms with Crippen LogP contribution in [0.3, 0.4) is 0 Å². The van der Waals surface area contributed by atoms with Crippen molar-refractivity contribution in [3.63, 3.8) is 0 Å². The van der Waals surface area contributed by atoms with E-state index in [-0.39, 0.29) is 7.43 Å². The van der Waals surface area contributed by atoms with Crippen molar-refractivity contribution in [2.24, 2.45) is 11.5 Å². The normalized spacial score (nSPS) is 11.9. The number of rotatable bonds is 5. The SMILES string of the molecule is C.NCCCCC(N)C(=O)Cl. The Morgan fingerprint density at radius 3 is 2.36 bits per heavy atom. The van der Waals surface area contributed by atoms with Gasteiger partial charge in [-0.2, -0.15) is 0 Å². The quantitative estimate of drug-likeness (QED) is 0.487. The van der Waals surface area contributed by atoms with Crippen LogP contribution in [0.25, 0.3) is 0 Å². The van der Waals surface area contributed by atoms with Gasteiger partial charge in [-0.15, -0.1) is 0 Å². The molecule has 0 amide bonds. The molecule has 0 bridgehead atoms. The molecule has 68 valence electrons. The van der Waals surface area contributed by atoms with E-state index in [1.54, 1.807) is 0 Å². The molecule has 0 aromatic rings. The third-order valence-corrected chi connectivity index (χ3v) is 1.54. The van der Waals surface area contributed by atoms with Crippen molar-refractivity contribution in [3.05, 3.63) is 0 Å². The van der Waals surface area contributed by atoms with Gasteiger partial charge in [0, 0.05) is 0 Å². The van der Waals surface area contributed by atoms with E-state index in [4.69, 9.17) is 23.1 Å². The minimum Gasteiger partial charge on any atom is -0.330 e. The van der Waals surface area contributed by atoms with Crippen molar-refractivity contribution in [1.29, 1.82) is 0 Å². The second-order valence-electron chi connectivity index (χ2n) is 2.20. The Morgan fingerprint density at radius 2 is 2.00 bits per heavy atom. The minimum atomic E-state index is -0.506. The van der Waals surface area contributed by atoms with Gasteiger partial charge in [-0.1, -0.05) is 13.8 Å². The van der Waals surface area contributed by atoms with Crippen LogP contribution in [0, 0.1) is 0 Å². The van der Waals surface area contributed by atoms with E-state index < -0.39 is 11.3 Å². The molecule has 0 aromatic carbocycles. The maximum atomic E-state index is 10.3. The van der Waals surface area contributed by atoms with Gasteiger partial charge in [0.1, 0.15) is 0 Å². The molecule has 0 radical (unpaired) electrons. The molecule has 0 rings (SSSR count). The lowest BCUT2D eigenvalue weighted by molar-refractivity contribution is -0.112. The molecule has 0 heterocycles. The van der Waals surface area contributed by atoms with Gasteiger partial charge in [0.15, 0.2) is 0 Å². The van der Waals surface area contributed by atoms with E-state index in [9.17, 15) is 4.79 Å². The first-order valence-electron chi connectivity index (χ1n) is 3.33. The summed E-state index contributed by atoms with van der Waals surface area (Å²) in [5, 5.41) is -0.461. The summed E-state index contributed by atoms with van der Waals surface area (Å²) < 4.78 is 0. The first-order chi connectivity index (χ1) is 4.68. The molecule has 0 saturated carbocycles. The van der Waals surface area contributed by atoms with Crippen LogP contribution in [-0.4, -0.2) is 17.8 Å². The van der Waals surface area contributed by atoms with Gasteiger partial charge in [-0.05, 0) is 31.0 Å². The number of halogens is 1. The van der Waals surface area contributed by atoms with Gasteiger partial charge < -0.3 is 11.5 Å². The first-order valence-corrected chi connectivity index (χ1v) is 3.71. The number of unbranched alkanes of at least 4 members (excludes halogenated alkanes) is 1. The van der Waals surface area contributed by atoms with Crippen molar-refractivity contribution in [1.82, 2.24) is 0 Å². The van der Waals surface area contributed by atoms with E-state index >= 15 is 0 Å². The van der Waals surface area contributed by atoms with Crippen molar-refractivity contribution < 1.29 is 4.79 Å². The van der Waals surface area contributed by atoms with Crippen LogP contribution in [0.5, 0.6) is 0 Å². The maximum absolute atomic E-state index is 10.3. The molecule has 0 aliphatic heterocycles. The monoisotopic (exact) mass is 180 g/mol. The molecule has 0 aliphatic rings. The zero-order valence-electron chi connectivity index (χ0n) is 5.85. The number of carbonyl (C=O) groups excluding carboxylic acids is 1. The third-order valence-electron chi connectivity index (χ3n) is 1.26. The minimum absolute atomic E-state index is 0. The summed E-state index contributed by atoms with van der Waals surface area (Å²) in [6.45, 7) is 0.642. The highest BCUT2D eigenvalue weighted by molar-refractivity contribution is 6.64. The Kier molecular flexibility index (Phi) is 9.77. The van der Waals surface area contributed by atoms with Gasteiger partial charge in [-0.25, -0.2) is 0 Å². The molecule has 0 saturated heterocycles. The highest BCUT2D eigenvalue weighted by Gasteiger charge is 2.08. The van der Waals surface area contributed by atoms with Crippen LogP contribution in [0.4, 0.5) is 0 Å². The lowest BCUT2D eigenvalue weighted by Crippen LogP contribution is -2.26. The molecule has 4 N–H and O–H groups in total. The number of nitrogens with two attached hydrogens (primary N) is 2. The van der Waals surface area contributed by atoms with Crippen molar-refractivity contribution >= 4 is 16.8 Å². The Balaban J connectivity index is 0. The summed E-state index contributed by atoms with van der Waals surface area (Å²) in [5.74, 6) is 0. The predicted octanol–water partition coefficient (Wildman–Crippen LogP) is 0.844. The van der Waals surface area contributed by atoms with Gasteiger partial charge in [0.2, 0.25) is 5.24 Å². The summed E-state index contributed by atoms with van der Waals surface area (Å²) in [4.78, 5) is 10.3. The fraction of sp³-hybridized carbons (Fsp3) is 0.857. The van der Waals surface area contributed by atoms with Crippen LogP contribution >= 0.6 is 11.6 Å². The van der Waals surface area contributed by atoms with Crippen LogP contribution in [0.1, 0.15) is 26.7 Å². The third kappa shape index (κ3) is 7.78. The molecule has 0 spiro atoms. The largest absolute Gasteiger partial charge is 0.330 e. The van der Waals surface area contributed by atoms with Crippen LogP contribution in [0.15, 0.2) is 0 Å². The lowest BCUT2D eigenvalue weighted by Gasteiger charge is -2.03. The molecule has 4 heteroatoms. The number of hydrogen-bond donors (Lipinski definition) is 2. The molecule has 11 heavy (non-hydrogen) atoms. The van der Waals surface area contributed by atoms with Crippen molar-refractivity contribution in [3.8, 4) is 0 Å². The molecule has 1 unspecified atom stereocenters. The van der Waals surface area contributed by atoms with Gasteiger partial charge in [-0.3, -0.25) is 4.79 Å².